The number of para-hydroxylation sites is 1. The van der Waals surface area contributed by atoms with Gasteiger partial charge in [0.15, 0.2) is 0 Å². The zero-order valence-corrected chi connectivity index (χ0v) is 16.9. The Kier molecular flexibility index (Phi) is 8.30. The Bertz CT molecular complexity index is 927. The maximum Gasteiger partial charge on any atom is 0.304 e. The van der Waals surface area contributed by atoms with Gasteiger partial charge in [-0.2, -0.15) is 0 Å². The number of rotatable bonds is 12. The molecule has 0 fully saturated rings. The van der Waals surface area contributed by atoms with E-state index in [4.69, 9.17) is 14.6 Å². The molecule has 0 amide bonds. The van der Waals surface area contributed by atoms with E-state index >= 15 is 0 Å². The lowest BCUT2D eigenvalue weighted by atomic mass is 10.1. The number of carboxylic acids is 1. The minimum atomic E-state index is -0.774. The SMILES string of the molecule is O=C(O)CCNCCCc1cccc(OCc2cccc(Oc3ccccc3)c2)c1. The van der Waals surface area contributed by atoms with Gasteiger partial charge in [-0.15, -0.1) is 0 Å². The van der Waals surface area contributed by atoms with Gasteiger partial charge in [0, 0.05) is 6.54 Å². The molecular formula is C25H27NO4. The summed E-state index contributed by atoms with van der Waals surface area (Å²) in [5, 5.41) is 11.8. The lowest BCUT2D eigenvalue weighted by Gasteiger charge is -2.10. The van der Waals surface area contributed by atoms with E-state index in [9.17, 15) is 4.79 Å². The van der Waals surface area contributed by atoms with Crippen LogP contribution in [0.15, 0.2) is 78.9 Å². The van der Waals surface area contributed by atoms with Crippen LogP contribution in [0.4, 0.5) is 0 Å². The monoisotopic (exact) mass is 405 g/mol. The van der Waals surface area contributed by atoms with Crippen LogP contribution < -0.4 is 14.8 Å². The third-order valence-electron chi connectivity index (χ3n) is 4.52. The molecule has 3 rings (SSSR count). The fraction of sp³-hybridized carbons (Fsp3) is 0.240. The minimum absolute atomic E-state index is 0.154. The first-order valence-electron chi connectivity index (χ1n) is 10.1. The van der Waals surface area contributed by atoms with Gasteiger partial charge < -0.3 is 19.9 Å². The Hall–Kier alpha value is -3.31. The van der Waals surface area contributed by atoms with Crippen LogP contribution in [-0.4, -0.2) is 24.2 Å². The van der Waals surface area contributed by atoms with Gasteiger partial charge >= 0.3 is 5.97 Å². The van der Waals surface area contributed by atoms with E-state index in [1.54, 1.807) is 0 Å². The number of benzene rings is 3. The van der Waals surface area contributed by atoms with E-state index in [0.717, 1.165) is 42.2 Å². The molecule has 156 valence electrons. The average molecular weight is 405 g/mol. The molecule has 5 heteroatoms. The Morgan fingerprint density at radius 1 is 0.800 bits per heavy atom. The summed E-state index contributed by atoms with van der Waals surface area (Å²) >= 11 is 0. The fourth-order valence-corrected chi connectivity index (χ4v) is 3.02. The van der Waals surface area contributed by atoms with Crippen LogP contribution in [0.1, 0.15) is 24.0 Å². The van der Waals surface area contributed by atoms with E-state index in [1.165, 1.54) is 5.56 Å². The third-order valence-corrected chi connectivity index (χ3v) is 4.52. The number of aliphatic carboxylic acids is 1. The summed E-state index contributed by atoms with van der Waals surface area (Å²) in [6, 6.07) is 25.7. The topological polar surface area (TPSA) is 67.8 Å². The molecule has 2 N–H and O–H groups in total. The molecule has 0 spiro atoms. The van der Waals surface area contributed by atoms with Crippen LogP contribution in [0.3, 0.4) is 0 Å². The van der Waals surface area contributed by atoms with E-state index in [2.05, 4.69) is 17.4 Å². The largest absolute Gasteiger partial charge is 0.489 e. The molecule has 3 aromatic carbocycles. The molecule has 0 aromatic heterocycles. The molecule has 0 aliphatic rings. The summed E-state index contributed by atoms with van der Waals surface area (Å²) in [7, 11) is 0. The van der Waals surface area contributed by atoms with Crippen molar-refractivity contribution in [2.45, 2.75) is 25.9 Å². The van der Waals surface area contributed by atoms with Gasteiger partial charge in [-0.25, -0.2) is 0 Å². The van der Waals surface area contributed by atoms with Crippen molar-refractivity contribution in [3.8, 4) is 17.2 Å². The maximum atomic E-state index is 10.5. The number of carboxylic acid groups (broad SMARTS) is 1. The summed E-state index contributed by atoms with van der Waals surface area (Å²) < 4.78 is 11.9. The molecule has 3 aromatic rings. The zero-order chi connectivity index (χ0) is 21.0. The maximum absolute atomic E-state index is 10.5. The molecule has 0 atom stereocenters. The second kappa shape index (κ2) is 11.6. The average Bonchev–Trinajstić information content (AvgIpc) is 2.76. The molecule has 5 nitrogen and oxygen atoms in total. The summed E-state index contributed by atoms with van der Waals surface area (Å²) in [5.74, 6) is 1.65. The fourth-order valence-electron chi connectivity index (χ4n) is 3.02. The molecule has 0 radical (unpaired) electrons. The van der Waals surface area contributed by atoms with Crippen LogP contribution in [0.25, 0.3) is 0 Å². The van der Waals surface area contributed by atoms with Crippen LogP contribution >= 0.6 is 0 Å². The summed E-state index contributed by atoms with van der Waals surface area (Å²) in [6.45, 7) is 1.77. The van der Waals surface area contributed by atoms with Crippen LogP contribution in [-0.2, 0) is 17.8 Å². The molecule has 0 saturated carbocycles. The number of aryl methyl sites for hydroxylation is 1. The molecule has 0 bridgehead atoms. The predicted octanol–water partition coefficient (Wildman–Crippen LogP) is 5.05. The molecule has 30 heavy (non-hydrogen) atoms. The highest BCUT2D eigenvalue weighted by Gasteiger charge is 2.02. The van der Waals surface area contributed by atoms with Crippen molar-refractivity contribution >= 4 is 5.97 Å². The van der Waals surface area contributed by atoms with Crippen molar-refractivity contribution in [2.75, 3.05) is 13.1 Å². The Morgan fingerprint density at radius 3 is 2.30 bits per heavy atom. The van der Waals surface area contributed by atoms with Crippen molar-refractivity contribution < 1.29 is 19.4 Å². The smallest absolute Gasteiger partial charge is 0.304 e. The van der Waals surface area contributed by atoms with E-state index in [1.807, 2.05) is 66.7 Å². The Balaban J connectivity index is 1.46. The first-order valence-corrected chi connectivity index (χ1v) is 10.1. The lowest BCUT2D eigenvalue weighted by Crippen LogP contribution is -2.19. The summed E-state index contributed by atoms with van der Waals surface area (Å²) in [6.07, 6.45) is 2.01. The standard InChI is InChI=1S/C25H27NO4/c27-25(28)14-16-26-15-6-9-20-7-4-12-23(17-20)29-19-21-8-5-13-24(18-21)30-22-10-2-1-3-11-22/h1-5,7-8,10-13,17-18,26H,6,9,14-16,19H2,(H,27,28). The van der Waals surface area contributed by atoms with Crippen molar-refractivity contribution in [1.29, 1.82) is 0 Å². The van der Waals surface area contributed by atoms with Gasteiger partial charge in [-0.3, -0.25) is 4.79 Å². The van der Waals surface area contributed by atoms with E-state index in [0.29, 0.717) is 13.2 Å². The van der Waals surface area contributed by atoms with Crippen molar-refractivity contribution in [3.05, 3.63) is 90.0 Å². The second-order valence-electron chi connectivity index (χ2n) is 7.00. The van der Waals surface area contributed by atoms with Gasteiger partial charge in [0.05, 0.1) is 6.42 Å². The Labute approximate surface area is 177 Å². The van der Waals surface area contributed by atoms with Crippen molar-refractivity contribution in [3.63, 3.8) is 0 Å². The van der Waals surface area contributed by atoms with Crippen LogP contribution in [0.2, 0.25) is 0 Å². The quantitative estimate of drug-likeness (QED) is 0.413. The summed E-state index contributed by atoms with van der Waals surface area (Å²) in [5.41, 5.74) is 2.24. The van der Waals surface area contributed by atoms with Gasteiger partial charge in [0.1, 0.15) is 23.9 Å². The number of ether oxygens (including phenoxy) is 2. The van der Waals surface area contributed by atoms with Crippen LogP contribution in [0, 0.1) is 0 Å². The molecule has 0 heterocycles. The zero-order valence-electron chi connectivity index (χ0n) is 16.9. The van der Waals surface area contributed by atoms with Crippen LogP contribution in [0.5, 0.6) is 17.2 Å². The van der Waals surface area contributed by atoms with Gasteiger partial charge in [0.2, 0.25) is 0 Å². The molecule has 0 aliphatic heterocycles. The third kappa shape index (κ3) is 7.60. The van der Waals surface area contributed by atoms with Crippen molar-refractivity contribution in [2.24, 2.45) is 0 Å². The van der Waals surface area contributed by atoms with E-state index < -0.39 is 5.97 Å². The highest BCUT2D eigenvalue weighted by Crippen LogP contribution is 2.23. The first kappa shape index (κ1) is 21.4. The number of nitrogens with one attached hydrogen (secondary N) is 1. The second-order valence-corrected chi connectivity index (χ2v) is 7.00. The number of hydrogen-bond donors (Lipinski definition) is 2. The van der Waals surface area contributed by atoms with E-state index in [-0.39, 0.29) is 6.42 Å². The first-order chi connectivity index (χ1) is 14.7. The van der Waals surface area contributed by atoms with Gasteiger partial charge in [-0.05, 0) is 66.9 Å². The normalized spacial score (nSPS) is 10.5. The minimum Gasteiger partial charge on any atom is -0.489 e. The highest BCUT2D eigenvalue weighted by molar-refractivity contribution is 5.66. The molecule has 0 saturated heterocycles. The van der Waals surface area contributed by atoms with Gasteiger partial charge in [-0.1, -0.05) is 42.5 Å². The summed E-state index contributed by atoms with van der Waals surface area (Å²) in [4.78, 5) is 10.5. The number of carbonyl (C=O) groups is 1. The molecular weight excluding hydrogens is 378 g/mol. The molecule has 0 unspecified atom stereocenters. The Morgan fingerprint density at radius 2 is 1.50 bits per heavy atom. The van der Waals surface area contributed by atoms with Gasteiger partial charge in [0.25, 0.3) is 0 Å². The highest BCUT2D eigenvalue weighted by atomic mass is 16.5. The molecule has 0 aliphatic carbocycles. The lowest BCUT2D eigenvalue weighted by molar-refractivity contribution is -0.136. The number of hydrogen-bond acceptors (Lipinski definition) is 4. The predicted molar refractivity (Wildman–Crippen MR) is 117 cm³/mol. The van der Waals surface area contributed by atoms with Crippen molar-refractivity contribution in [1.82, 2.24) is 5.32 Å².